The Labute approximate surface area is 250 Å². The quantitative estimate of drug-likeness (QED) is 0.163. The second-order valence-corrected chi connectivity index (χ2v) is 12.6. The summed E-state index contributed by atoms with van der Waals surface area (Å²) in [7, 11) is 0. The zero-order chi connectivity index (χ0) is 27.5. The number of carbonyl (C=O) groups is 2. The van der Waals surface area contributed by atoms with Crippen LogP contribution in [0, 0.1) is 0 Å². The van der Waals surface area contributed by atoms with E-state index >= 15 is 0 Å². The van der Waals surface area contributed by atoms with Gasteiger partial charge in [0.2, 0.25) is 11.8 Å². The Kier molecular flexibility index (Phi) is 11.8. The minimum Gasteiger partial charge on any atom is -0.352 e. The lowest BCUT2D eigenvalue weighted by Crippen LogP contribution is -2.52. The highest BCUT2D eigenvalue weighted by atomic mass is 79.9. The van der Waals surface area contributed by atoms with E-state index in [0.717, 1.165) is 58.4 Å². The molecule has 1 fully saturated rings. The fourth-order valence-electron chi connectivity index (χ4n) is 5.02. The summed E-state index contributed by atoms with van der Waals surface area (Å²) in [4.78, 5) is 30.6. The molecule has 1 aliphatic carbocycles. The highest BCUT2D eigenvalue weighted by molar-refractivity contribution is 9.10. The van der Waals surface area contributed by atoms with Gasteiger partial charge in [0.25, 0.3) is 0 Å². The number of carbonyl (C=O) groups excluding carboxylic acids is 2. The van der Waals surface area contributed by atoms with Crippen LogP contribution in [0.5, 0.6) is 0 Å². The molecule has 1 aliphatic rings. The number of hydrogen-bond acceptors (Lipinski definition) is 3. The van der Waals surface area contributed by atoms with Crippen LogP contribution in [0.4, 0.5) is 0 Å². The molecule has 0 heterocycles. The molecule has 0 aromatic heterocycles. The number of amides is 2. The summed E-state index contributed by atoms with van der Waals surface area (Å²) < 4.78 is 0.957. The van der Waals surface area contributed by atoms with Crippen LogP contribution in [0.3, 0.4) is 0 Å². The molecule has 4 rings (SSSR count). The Bertz CT molecular complexity index is 1200. The Balaban J connectivity index is 1.51. The monoisotopic (exact) mass is 626 g/mol. The fourth-order valence-corrected chi connectivity index (χ4v) is 6.44. The van der Waals surface area contributed by atoms with Crippen LogP contribution in [0.15, 0.2) is 88.2 Å². The van der Waals surface area contributed by atoms with E-state index in [1.54, 1.807) is 16.7 Å². The van der Waals surface area contributed by atoms with E-state index in [-0.39, 0.29) is 17.9 Å². The Morgan fingerprint density at radius 3 is 2.38 bits per heavy atom. The summed E-state index contributed by atoms with van der Waals surface area (Å²) in [5.74, 6) is 0.770. The van der Waals surface area contributed by atoms with Gasteiger partial charge in [-0.25, -0.2) is 0 Å². The van der Waals surface area contributed by atoms with Crippen molar-refractivity contribution in [2.45, 2.75) is 74.9 Å². The first-order valence-corrected chi connectivity index (χ1v) is 15.9. The molecule has 0 saturated heterocycles. The Morgan fingerprint density at radius 1 is 0.949 bits per heavy atom. The third-order valence-corrected chi connectivity index (χ3v) is 8.93. The molecule has 1 N–H and O–H groups in total. The summed E-state index contributed by atoms with van der Waals surface area (Å²) in [6.45, 7) is 0.387. The van der Waals surface area contributed by atoms with Crippen LogP contribution >= 0.6 is 39.3 Å². The molecule has 0 bridgehead atoms. The summed E-state index contributed by atoms with van der Waals surface area (Å²) in [6.07, 6.45) is 7.11. The molecule has 0 unspecified atom stereocenters. The second-order valence-electron chi connectivity index (χ2n) is 10.1. The lowest BCUT2D eigenvalue weighted by atomic mass is 9.94. The van der Waals surface area contributed by atoms with Crippen molar-refractivity contribution in [3.63, 3.8) is 0 Å². The smallest absolute Gasteiger partial charge is 0.243 e. The predicted octanol–water partition coefficient (Wildman–Crippen LogP) is 8.06. The van der Waals surface area contributed by atoms with E-state index in [0.29, 0.717) is 24.4 Å². The molecular weight excluding hydrogens is 592 g/mol. The molecule has 0 spiro atoms. The zero-order valence-corrected chi connectivity index (χ0v) is 25.3. The molecule has 2 amide bonds. The lowest BCUT2D eigenvalue weighted by Gasteiger charge is -2.33. The number of benzene rings is 3. The maximum atomic E-state index is 13.8. The van der Waals surface area contributed by atoms with Crippen LogP contribution < -0.4 is 5.32 Å². The number of thioether (sulfide) groups is 1. The van der Waals surface area contributed by atoms with E-state index in [4.69, 9.17) is 11.6 Å². The summed E-state index contributed by atoms with van der Waals surface area (Å²) in [5, 5.41) is 4.02. The third kappa shape index (κ3) is 9.70. The van der Waals surface area contributed by atoms with Gasteiger partial charge < -0.3 is 10.2 Å². The lowest BCUT2D eigenvalue weighted by molar-refractivity contribution is -0.141. The normalized spacial score (nSPS) is 14.5. The van der Waals surface area contributed by atoms with Gasteiger partial charge >= 0.3 is 0 Å². The average Bonchev–Trinajstić information content (AvgIpc) is 2.95. The Morgan fingerprint density at radius 2 is 1.67 bits per heavy atom. The van der Waals surface area contributed by atoms with Crippen molar-refractivity contribution in [2.24, 2.45) is 0 Å². The van der Waals surface area contributed by atoms with Gasteiger partial charge in [-0.3, -0.25) is 9.59 Å². The molecule has 0 aliphatic heterocycles. The third-order valence-electron chi connectivity index (χ3n) is 7.08. The van der Waals surface area contributed by atoms with E-state index in [1.807, 2.05) is 78.9 Å². The number of nitrogens with zero attached hydrogens (tertiary/aromatic N) is 1. The van der Waals surface area contributed by atoms with Crippen molar-refractivity contribution >= 4 is 51.1 Å². The second kappa shape index (κ2) is 15.5. The molecule has 7 heteroatoms. The number of rotatable bonds is 12. The van der Waals surface area contributed by atoms with Gasteiger partial charge in [-0.2, -0.15) is 0 Å². The molecule has 39 heavy (non-hydrogen) atoms. The molecule has 4 nitrogen and oxygen atoms in total. The van der Waals surface area contributed by atoms with Crippen molar-refractivity contribution in [1.29, 1.82) is 0 Å². The van der Waals surface area contributed by atoms with E-state index in [1.165, 1.54) is 6.42 Å². The summed E-state index contributed by atoms with van der Waals surface area (Å²) >= 11 is 11.3. The van der Waals surface area contributed by atoms with Gasteiger partial charge in [0, 0.05) is 39.8 Å². The first kappa shape index (κ1) is 29.7. The highest BCUT2D eigenvalue weighted by Gasteiger charge is 2.31. The molecule has 206 valence electrons. The predicted molar refractivity (Wildman–Crippen MR) is 165 cm³/mol. The summed E-state index contributed by atoms with van der Waals surface area (Å²) in [5.41, 5.74) is 2.04. The molecule has 1 atom stereocenters. The highest BCUT2D eigenvalue weighted by Crippen LogP contribution is 2.24. The zero-order valence-electron chi connectivity index (χ0n) is 22.2. The van der Waals surface area contributed by atoms with E-state index < -0.39 is 6.04 Å². The van der Waals surface area contributed by atoms with Gasteiger partial charge in [0.1, 0.15) is 6.04 Å². The standard InChI is InChI=1S/C32H36BrClN2O2S/c33-26-12-7-11-25(21-26)23-36(31(37)15-8-20-39-29-18-16-27(34)17-19-29)30(22-24-9-3-1-4-10-24)32(38)35-28-13-5-2-6-14-28/h1,3-4,7,9-12,16-19,21,28,30H,2,5-6,8,13-15,20,22-23H2,(H,35,38)/t30-/m0/s1. The van der Waals surface area contributed by atoms with E-state index in [2.05, 4.69) is 21.2 Å². The topological polar surface area (TPSA) is 49.4 Å². The van der Waals surface area contributed by atoms with Crippen molar-refractivity contribution < 1.29 is 9.59 Å². The van der Waals surface area contributed by atoms with Gasteiger partial charge in [-0.1, -0.05) is 89.3 Å². The van der Waals surface area contributed by atoms with Crippen LogP contribution in [0.2, 0.25) is 5.02 Å². The largest absolute Gasteiger partial charge is 0.352 e. The molecule has 1 saturated carbocycles. The fraction of sp³-hybridized carbons (Fsp3) is 0.375. The van der Waals surface area contributed by atoms with Crippen LogP contribution in [0.1, 0.15) is 56.1 Å². The van der Waals surface area contributed by atoms with Crippen LogP contribution in [0.25, 0.3) is 0 Å². The molecular formula is C32H36BrClN2O2S. The molecule has 0 radical (unpaired) electrons. The minimum atomic E-state index is -0.579. The van der Waals surface area contributed by atoms with Crippen LogP contribution in [-0.2, 0) is 22.6 Å². The van der Waals surface area contributed by atoms with Gasteiger partial charge in [0.15, 0.2) is 0 Å². The van der Waals surface area contributed by atoms with Crippen molar-refractivity contribution in [2.75, 3.05) is 5.75 Å². The number of hydrogen-bond donors (Lipinski definition) is 1. The maximum absolute atomic E-state index is 13.8. The van der Waals surface area contributed by atoms with Gasteiger partial charge in [0.05, 0.1) is 0 Å². The van der Waals surface area contributed by atoms with Crippen molar-refractivity contribution in [3.8, 4) is 0 Å². The minimum absolute atomic E-state index is 0.00593. The number of halogens is 2. The van der Waals surface area contributed by atoms with Crippen molar-refractivity contribution in [1.82, 2.24) is 10.2 Å². The van der Waals surface area contributed by atoms with Crippen molar-refractivity contribution in [3.05, 3.63) is 99.5 Å². The van der Waals surface area contributed by atoms with Gasteiger partial charge in [-0.05, 0) is 72.5 Å². The summed E-state index contributed by atoms with van der Waals surface area (Å²) in [6, 6.07) is 25.4. The Hall–Kier alpha value is -2.28. The molecule has 3 aromatic rings. The number of nitrogens with one attached hydrogen (secondary N) is 1. The molecule has 3 aromatic carbocycles. The average molecular weight is 628 g/mol. The van der Waals surface area contributed by atoms with Crippen LogP contribution in [-0.4, -0.2) is 34.6 Å². The maximum Gasteiger partial charge on any atom is 0.243 e. The first-order chi connectivity index (χ1) is 19.0. The van der Waals surface area contributed by atoms with Gasteiger partial charge in [-0.15, -0.1) is 11.8 Å². The SMILES string of the molecule is O=C(NC1CCCCC1)[C@H](Cc1ccccc1)N(Cc1cccc(Br)c1)C(=O)CCCSc1ccc(Cl)cc1. The van der Waals surface area contributed by atoms with E-state index in [9.17, 15) is 9.59 Å². The first-order valence-electron chi connectivity index (χ1n) is 13.7.